The van der Waals surface area contributed by atoms with E-state index in [9.17, 15) is 10.5 Å². The monoisotopic (exact) mass is 638 g/mol. The van der Waals surface area contributed by atoms with Gasteiger partial charge < -0.3 is 18.0 Å². The van der Waals surface area contributed by atoms with Gasteiger partial charge in [0, 0.05) is 32.3 Å². The van der Waals surface area contributed by atoms with Crippen LogP contribution in [0.2, 0.25) is 0 Å². The number of aromatic nitrogens is 2. The summed E-state index contributed by atoms with van der Waals surface area (Å²) in [6, 6.07) is 49.5. The van der Waals surface area contributed by atoms with Gasteiger partial charge in [0.1, 0.15) is 28.4 Å². The SMILES string of the molecule is N#Cc1cc(C#N)c(-n2c3ccccc3c3c4oc5ccccc5c4ccc32)c(-n2c3ccccc3c3c4oc5ccccc5c4ccc32)c1. The number of nitrogens with zero attached hydrogens (tertiary/aromatic N) is 4. The molecule has 0 bridgehead atoms. The van der Waals surface area contributed by atoms with Gasteiger partial charge in [0.05, 0.1) is 61.4 Å². The number of benzene rings is 7. The molecule has 50 heavy (non-hydrogen) atoms. The standard InChI is InChI=1S/C44H22N4O2/c45-23-25-21-26(24-46)42(48-34-14-6-2-12-32(34)41-36(48)20-18-30-28-10-4-8-16-39(28)50-44(30)41)37(22-25)47-33-13-5-1-11-31(33)40-35(47)19-17-29-27-9-3-7-15-38(27)49-43(29)40/h1-22H. The Balaban J connectivity index is 1.34. The highest BCUT2D eigenvalue weighted by Crippen LogP contribution is 2.45. The van der Waals surface area contributed by atoms with Gasteiger partial charge in [0.15, 0.2) is 0 Å². The summed E-state index contributed by atoms with van der Waals surface area (Å²) >= 11 is 0. The Kier molecular flexibility index (Phi) is 5.16. The van der Waals surface area contributed by atoms with Crippen molar-refractivity contribution in [2.24, 2.45) is 0 Å². The summed E-state index contributed by atoms with van der Waals surface area (Å²) in [7, 11) is 0. The number of hydrogen-bond donors (Lipinski definition) is 0. The molecule has 11 aromatic rings. The van der Waals surface area contributed by atoms with Crippen LogP contribution in [0, 0.1) is 22.7 Å². The van der Waals surface area contributed by atoms with Crippen LogP contribution >= 0.6 is 0 Å². The molecule has 0 aliphatic heterocycles. The van der Waals surface area contributed by atoms with Gasteiger partial charge in [-0.3, -0.25) is 0 Å². The Bertz CT molecular complexity index is 3360. The Morgan fingerprint density at radius 2 is 0.940 bits per heavy atom. The predicted molar refractivity (Wildman–Crippen MR) is 199 cm³/mol. The molecule has 0 spiro atoms. The minimum Gasteiger partial charge on any atom is -0.455 e. The predicted octanol–water partition coefficient (Wildman–Crippen LogP) is 11.4. The average molecular weight is 639 g/mol. The summed E-state index contributed by atoms with van der Waals surface area (Å²) in [4.78, 5) is 0. The van der Waals surface area contributed by atoms with E-state index in [1.807, 2.05) is 66.7 Å². The molecule has 4 aromatic heterocycles. The van der Waals surface area contributed by atoms with Gasteiger partial charge in [-0.05, 0) is 60.7 Å². The van der Waals surface area contributed by atoms with Gasteiger partial charge in [0.25, 0.3) is 0 Å². The van der Waals surface area contributed by atoms with Crippen LogP contribution in [0.15, 0.2) is 142 Å². The molecule has 6 heteroatoms. The second-order valence-corrected chi connectivity index (χ2v) is 12.7. The Morgan fingerprint density at radius 3 is 1.50 bits per heavy atom. The number of para-hydroxylation sites is 4. The number of furan rings is 2. The molecule has 0 saturated carbocycles. The van der Waals surface area contributed by atoms with Crippen LogP contribution in [0.4, 0.5) is 0 Å². The molecule has 0 aliphatic rings. The van der Waals surface area contributed by atoms with Crippen LogP contribution in [0.3, 0.4) is 0 Å². The van der Waals surface area contributed by atoms with Crippen molar-refractivity contribution in [3.63, 3.8) is 0 Å². The molecule has 0 aliphatic carbocycles. The van der Waals surface area contributed by atoms with Crippen LogP contribution in [-0.4, -0.2) is 9.13 Å². The molecule has 0 N–H and O–H groups in total. The molecule has 6 nitrogen and oxygen atoms in total. The first-order valence-corrected chi connectivity index (χ1v) is 16.4. The smallest absolute Gasteiger partial charge is 0.145 e. The maximum Gasteiger partial charge on any atom is 0.145 e. The summed E-state index contributed by atoms with van der Waals surface area (Å²) in [5, 5.41) is 29.3. The molecular formula is C44H22N4O2. The molecule has 230 valence electrons. The zero-order chi connectivity index (χ0) is 33.1. The molecule has 0 fully saturated rings. The summed E-state index contributed by atoms with van der Waals surface area (Å²) < 4.78 is 17.5. The highest BCUT2D eigenvalue weighted by atomic mass is 16.3. The van der Waals surface area contributed by atoms with Crippen molar-refractivity contribution in [3.8, 4) is 23.5 Å². The van der Waals surface area contributed by atoms with Crippen LogP contribution < -0.4 is 0 Å². The first-order valence-electron chi connectivity index (χ1n) is 16.4. The lowest BCUT2D eigenvalue weighted by atomic mass is 10.1. The van der Waals surface area contributed by atoms with Gasteiger partial charge in [-0.15, -0.1) is 0 Å². The topological polar surface area (TPSA) is 83.7 Å². The minimum atomic E-state index is 0.391. The molecule has 0 unspecified atom stereocenters. The van der Waals surface area contributed by atoms with Gasteiger partial charge >= 0.3 is 0 Å². The van der Waals surface area contributed by atoms with Gasteiger partial charge in [-0.1, -0.05) is 72.8 Å². The Morgan fingerprint density at radius 1 is 0.440 bits per heavy atom. The quantitative estimate of drug-likeness (QED) is 0.189. The fourth-order valence-corrected chi connectivity index (χ4v) is 8.14. The van der Waals surface area contributed by atoms with E-state index in [-0.39, 0.29) is 0 Å². The molecule has 0 radical (unpaired) electrons. The third kappa shape index (κ3) is 3.34. The Labute approximate surface area is 283 Å². The summed E-state index contributed by atoms with van der Waals surface area (Å²) in [5.74, 6) is 0. The molecule has 11 rings (SSSR count). The van der Waals surface area contributed by atoms with E-state index in [0.29, 0.717) is 16.8 Å². The van der Waals surface area contributed by atoms with Crippen molar-refractivity contribution in [2.75, 3.05) is 0 Å². The molecule has 0 atom stereocenters. The van der Waals surface area contributed by atoms with Crippen molar-refractivity contribution < 1.29 is 8.83 Å². The number of hydrogen-bond acceptors (Lipinski definition) is 4. The Hall–Kier alpha value is -7.28. The zero-order valence-electron chi connectivity index (χ0n) is 26.3. The maximum absolute atomic E-state index is 10.8. The second-order valence-electron chi connectivity index (χ2n) is 12.7. The molecular weight excluding hydrogens is 617 g/mol. The van der Waals surface area contributed by atoms with E-state index in [0.717, 1.165) is 93.2 Å². The number of nitriles is 2. The van der Waals surface area contributed by atoms with E-state index in [4.69, 9.17) is 8.83 Å². The van der Waals surface area contributed by atoms with Gasteiger partial charge in [0.2, 0.25) is 0 Å². The molecule has 4 heterocycles. The van der Waals surface area contributed by atoms with E-state index in [2.05, 4.69) is 81.9 Å². The van der Waals surface area contributed by atoms with Crippen molar-refractivity contribution in [2.45, 2.75) is 0 Å². The second kappa shape index (κ2) is 9.64. The normalized spacial score (nSPS) is 12.0. The lowest BCUT2D eigenvalue weighted by molar-refractivity contribution is 0.672. The lowest BCUT2D eigenvalue weighted by Crippen LogP contribution is -2.07. The van der Waals surface area contributed by atoms with Gasteiger partial charge in [-0.25, -0.2) is 0 Å². The van der Waals surface area contributed by atoms with Gasteiger partial charge in [-0.2, -0.15) is 10.5 Å². The average Bonchev–Trinajstić information content (AvgIpc) is 3.91. The minimum absolute atomic E-state index is 0.391. The molecule has 0 saturated heterocycles. The highest BCUT2D eigenvalue weighted by Gasteiger charge is 2.26. The first-order chi connectivity index (χ1) is 24.7. The summed E-state index contributed by atoms with van der Waals surface area (Å²) in [6.07, 6.45) is 0. The largest absolute Gasteiger partial charge is 0.455 e. The van der Waals surface area contributed by atoms with E-state index in [1.165, 1.54) is 0 Å². The van der Waals surface area contributed by atoms with Crippen molar-refractivity contribution in [3.05, 3.63) is 145 Å². The number of rotatable bonds is 2. The third-order valence-electron chi connectivity index (χ3n) is 10.2. The zero-order valence-corrected chi connectivity index (χ0v) is 26.3. The van der Waals surface area contributed by atoms with Crippen LogP contribution in [0.25, 0.3) is 98.9 Å². The van der Waals surface area contributed by atoms with Crippen molar-refractivity contribution in [1.82, 2.24) is 9.13 Å². The van der Waals surface area contributed by atoms with Crippen LogP contribution in [0.5, 0.6) is 0 Å². The fraction of sp³-hybridized carbons (Fsp3) is 0. The van der Waals surface area contributed by atoms with Crippen LogP contribution in [-0.2, 0) is 0 Å². The van der Waals surface area contributed by atoms with E-state index < -0.39 is 0 Å². The summed E-state index contributed by atoms with van der Waals surface area (Å²) in [6.45, 7) is 0. The number of fused-ring (bicyclic) bond motifs is 14. The van der Waals surface area contributed by atoms with E-state index >= 15 is 0 Å². The first kappa shape index (κ1) is 26.8. The van der Waals surface area contributed by atoms with E-state index in [1.54, 1.807) is 6.07 Å². The van der Waals surface area contributed by atoms with Crippen LogP contribution in [0.1, 0.15) is 11.1 Å². The highest BCUT2D eigenvalue weighted by molar-refractivity contribution is 6.25. The van der Waals surface area contributed by atoms with Crippen molar-refractivity contribution in [1.29, 1.82) is 10.5 Å². The maximum atomic E-state index is 10.8. The molecule has 0 amide bonds. The fourth-order valence-electron chi connectivity index (χ4n) is 8.14. The summed E-state index contributed by atoms with van der Waals surface area (Å²) in [5.41, 5.74) is 9.14. The molecule has 7 aromatic carbocycles. The lowest BCUT2D eigenvalue weighted by Gasteiger charge is -2.18. The van der Waals surface area contributed by atoms with Crippen molar-refractivity contribution >= 4 is 87.5 Å². The third-order valence-corrected chi connectivity index (χ3v) is 10.2.